The number of carbonyl (C=O) groups is 2. The number of hydrogen-bond acceptors (Lipinski definition) is 5. The van der Waals surface area contributed by atoms with E-state index < -0.39 is 5.97 Å². The Hall–Kier alpha value is -2.70. The number of esters is 1. The van der Waals surface area contributed by atoms with Gasteiger partial charge < -0.3 is 19.3 Å². The lowest BCUT2D eigenvalue weighted by molar-refractivity contribution is -0.136. The Morgan fingerprint density at radius 2 is 1.45 bits per heavy atom. The quantitative estimate of drug-likeness (QED) is 0.651. The van der Waals surface area contributed by atoms with Gasteiger partial charge >= 0.3 is 11.9 Å². The van der Waals surface area contributed by atoms with Gasteiger partial charge in [-0.3, -0.25) is 0 Å². The molecule has 2 aromatic carbocycles. The lowest BCUT2D eigenvalue weighted by atomic mass is 10.1. The summed E-state index contributed by atoms with van der Waals surface area (Å²) in [6, 6.07) is 14.1. The molecular formula is C25H34O6. The smallest absolute Gasteiger partial charge is 0.338 e. The van der Waals surface area contributed by atoms with Gasteiger partial charge in [-0.25, -0.2) is 9.59 Å². The fourth-order valence-electron chi connectivity index (χ4n) is 2.94. The van der Waals surface area contributed by atoms with Crippen LogP contribution in [0.5, 0.6) is 0 Å². The molecule has 1 N–H and O–H groups in total. The van der Waals surface area contributed by atoms with Crippen molar-refractivity contribution in [1.82, 2.24) is 0 Å². The van der Waals surface area contributed by atoms with Crippen molar-refractivity contribution in [3.63, 3.8) is 0 Å². The van der Waals surface area contributed by atoms with Gasteiger partial charge in [0, 0.05) is 13.0 Å². The van der Waals surface area contributed by atoms with Crippen molar-refractivity contribution in [2.75, 3.05) is 13.7 Å². The first kappa shape index (κ1) is 26.3. The third-order valence-corrected chi connectivity index (χ3v) is 4.64. The van der Waals surface area contributed by atoms with E-state index in [9.17, 15) is 9.59 Å². The Kier molecular flexibility index (Phi) is 11.5. The number of carboxylic acid groups (broad SMARTS) is 1. The molecule has 170 valence electrons. The van der Waals surface area contributed by atoms with E-state index >= 15 is 0 Å². The van der Waals surface area contributed by atoms with E-state index in [-0.39, 0.29) is 25.0 Å². The maximum Gasteiger partial charge on any atom is 0.338 e. The van der Waals surface area contributed by atoms with Crippen molar-refractivity contribution in [3.8, 4) is 0 Å². The lowest BCUT2D eigenvalue weighted by Crippen LogP contribution is -2.20. The van der Waals surface area contributed by atoms with E-state index in [4.69, 9.17) is 19.3 Å². The van der Waals surface area contributed by atoms with E-state index in [1.807, 2.05) is 39.8 Å². The van der Waals surface area contributed by atoms with Crippen LogP contribution in [0.25, 0.3) is 0 Å². The summed E-state index contributed by atoms with van der Waals surface area (Å²) in [6.45, 7) is 10.2. The Bertz CT molecular complexity index is 798. The predicted molar refractivity (Wildman–Crippen MR) is 120 cm³/mol. The van der Waals surface area contributed by atoms with E-state index in [1.54, 1.807) is 43.5 Å². The minimum absolute atomic E-state index is 0.0747. The normalized spacial score (nSPS) is 19.4. The van der Waals surface area contributed by atoms with Gasteiger partial charge in [-0.05, 0) is 44.5 Å². The van der Waals surface area contributed by atoms with Crippen LogP contribution in [0.4, 0.5) is 0 Å². The molecule has 3 unspecified atom stereocenters. The SMILES string of the molecule is CC.COC1OC(COC(=O)c2ccc(C)cc2)CC1C.Cc1ccc(C(=O)O)cc1. The van der Waals surface area contributed by atoms with Crippen LogP contribution in [0.3, 0.4) is 0 Å². The maximum absolute atomic E-state index is 11.8. The highest BCUT2D eigenvalue weighted by Gasteiger charge is 2.32. The summed E-state index contributed by atoms with van der Waals surface area (Å²) in [5.74, 6) is -0.856. The number of aromatic carboxylic acids is 1. The Labute approximate surface area is 185 Å². The molecule has 0 aromatic heterocycles. The van der Waals surface area contributed by atoms with Crippen LogP contribution in [0, 0.1) is 19.8 Å². The lowest BCUT2D eigenvalue weighted by Gasteiger charge is -2.13. The summed E-state index contributed by atoms with van der Waals surface area (Å²) in [5, 5.41) is 8.48. The number of aryl methyl sites for hydroxylation is 2. The molecule has 0 aliphatic carbocycles. The first-order valence-electron chi connectivity index (χ1n) is 10.5. The van der Waals surface area contributed by atoms with Crippen LogP contribution >= 0.6 is 0 Å². The van der Waals surface area contributed by atoms with Gasteiger partial charge in [0.15, 0.2) is 6.29 Å². The van der Waals surface area contributed by atoms with Gasteiger partial charge in [0.2, 0.25) is 0 Å². The summed E-state index contributed by atoms with van der Waals surface area (Å²) in [6.07, 6.45) is 0.581. The number of benzene rings is 2. The number of hydrogen-bond donors (Lipinski definition) is 1. The zero-order valence-electron chi connectivity index (χ0n) is 19.3. The predicted octanol–water partition coefficient (Wildman–Crippen LogP) is 5.27. The minimum Gasteiger partial charge on any atom is -0.478 e. The minimum atomic E-state index is -0.875. The molecule has 0 saturated carbocycles. The first-order valence-corrected chi connectivity index (χ1v) is 10.5. The molecule has 31 heavy (non-hydrogen) atoms. The van der Waals surface area contributed by atoms with Gasteiger partial charge in [-0.2, -0.15) is 0 Å². The second-order valence-corrected chi connectivity index (χ2v) is 7.21. The molecule has 2 aromatic rings. The second-order valence-electron chi connectivity index (χ2n) is 7.21. The summed E-state index contributed by atoms with van der Waals surface area (Å²) >= 11 is 0. The van der Waals surface area contributed by atoms with Crippen LogP contribution in [-0.4, -0.2) is 43.2 Å². The molecule has 1 aliphatic heterocycles. The molecule has 6 heteroatoms. The van der Waals surface area contributed by atoms with Crippen LogP contribution < -0.4 is 0 Å². The van der Waals surface area contributed by atoms with Gasteiger partial charge in [0.05, 0.1) is 17.2 Å². The van der Waals surface area contributed by atoms with E-state index in [2.05, 4.69) is 6.92 Å². The second kappa shape index (κ2) is 13.6. The topological polar surface area (TPSA) is 82.1 Å². The van der Waals surface area contributed by atoms with E-state index in [0.29, 0.717) is 17.0 Å². The zero-order chi connectivity index (χ0) is 23.4. The third kappa shape index (κ3) is 8.90. The number of carbonyl (C=O) groups excluding carboxylic acids is 1. The standard InChI is InChI=1S/C15H20O4.C8H8O2.C2H6/c1-10-4-6-12(7-5-10)14(16)18-9-13-8-11(2)15(17-3)19-13;1-6-2-4-7(5-3-6)8(9)10;1-2/h4-7,11,13,15H,8-9H2,1-3H3;2-5H,1H3,(H,9,10);1-2H3. The fraction of sp³-hybridized carbons (Fsp3) is 0.440. The molecule has 6 nitrogen and oxygen atoms in total. The average molecular weight is 431 g/mol. The highest BCUT2D eigenvalue weighted by Crippen LogP contribution is 2.26. The fourth-order valence-corrected chi connectivity index (χ4v) is 2.94. The van der Waals surface area contributed by atoms with Crippen molar-refractivity contribution in [2.45, 2.75) is 53.4 Å². The van der Waals surface area contributed by atoms with Crippen molar-refractivity contribution < 1.29 is 28.9 Å². The summed E-state index contributed by atoms with van der Waals surface area (Å²) < 4.78 is 16.1. The highest BCUT2D eigenvalue weighted by molar-refractivity contribution is 5.89. The van der Waals surface area contributed by atoms with Gasteiger partial charge in [-0.15, -0.1) is 0 Å². The largest absolute Gasteiger partial charge is 0.478 e. The summed E-state index contributed by atoms with van der Waals surface area (Å²) in [4.78, 5) is 22.1. The number of carboxylic acids is 1. The van der Waals surface area contributed by atoms with E-state index in [1.165, 1.54) is 0 Å². The molecule has 0 amide bonds. The van der Waals surface area contributed by atoms with Gasteiger partial charge in [0.25, 0.3) is 0 Å². The van der Waals surface area contributed by atoms with Gasteiger partial charge in [-0.1, -0.05) is 56.2 Å². The molecule has 1 aliphatic rings. The van der Waals surface area contributed by atoms with Gasteiger partial charge in [0.1, 0.15) is 6.61 Å². The van der Waals surface area contributed by atoms with Crippen molar-refractivity contribution >= 4 is 11.9 Å². The highest BCUT2D eigenvalue weighted by atomic mass is 16.7. The van der Waals surface area contributed by atoms with Crippen LogP contribution in [-0.2, 0) is 14.2 Å². The Morgan fingerprint density at radius 3 is 1.87 bits per heavy atom. The zero-order valence-corrected chi connectivity index (χ0v) is 19.3. The molecule has 1 heterocycles. The van der Waals surface area contributed by atoms with Crippen molar-refractivity contribution in [2.24, 2.45) is 5.92 Å². The first-order chi connectivity index (χ1) is 14.8. The number of rotatable bonds is 5. The molecule has 0 bridgehead atoms. The van der Waals surface area contributed by atoms with E-state index in [0.717, 1.165) is 17.5 Å². The third-order valence-electron chi connectivity index (χ3n) is 4.64. The van der Waals surface area contributed by atoms with Crippen LogP contribution in [0.1, 0.15) is 59.0 Å². The number of ether oxygens (including phenoxy) is 3. The molecule has 0 radical (unpaired) electrons. The molecule has 1 saturated heterocycles. The van der Waals surface area contributed by atoms with Crippen LogP contribution in [0.2, 0.25) is 0 Å². The van der Waals surface area contributed by atoms with Crippen molar-refractivity contribution in [1.29, 1.82) is 0 Å². The summed E-state index contributed by atoms with van der Waals surface area (Å²) in [5.41, 5.74) is 3.10. The maximum atomic E-state index is 11.8. The van der Waals surface area contributed by atoms with Crippen LogP contribution in [0.15, 0.2) is 48.5 Å². The molecular weight excluding hydrogens is 396 g/mol. The Morgan fingerprint density at radius 1 is 0.968 bits per heavy atom. The Balaban J connectivity index is 0.000000337. The average Bonchev–Trinajstić information content (AvgIpc) is 3.14. The monoisotopic (exact) mass is 430 g/mol. The molecule has 1 fully saturated rings. The molecule has 3 atom stereocenters. The van der Waals surface area contributed by atoms with Crippen molar-refractivity contribution in [3.05, 3.63) is 70.8 Å². The molecule has 3 rings (SSSR count). The summed E-state index contributed by atoms with van der Waals surface area (Å²) in [7, 11) is 1.63. The number of methoxy groups -OCH3 is 1. The molecule has 0 spiro atoms.